The summed E-state index contributed by atoms with van der Waals surface area (Å²) in [6, 6.07) is 12.9. The Labute approximate surface area is 182 Å². The fourth-order valence-corrected chi connectivity index (χ4v) is 4.94. The number of ether oxygens (including phenoxy) is 1. The smallest absolute Gasteiger partial charge is 0.234 e. The van der Waals surface area contributed by atoms with Crippen molar-refractivity contribution >= 4 is 29.0 Å². The SMILES string of the molecule is Cc1ccc([C@@H](CN2CCOCC2)NCC(=O)NCCSCc2cccs2)cc1. The summed E-state index contributed by atoms with van der Waals surface area (Å²) >= 11 is 3.64. The maximum Gasteiger partial charge on any atom is 0.234 e. The standard InChI is InChI=1S/C22H31N3O2S2/c1-18-4-6-19(7-5-18)21(16-25-9-11-27-12-10-25)24-15-22(26)23-8-14-28-17-20-3-2-13-29-20/h2-7,13,21,24H,8-12,14-17H2,1H3,(H,23,26)/t21-/m1/s1. The molecule has 5 nitrogen and oxygen atoms in total. The Kier molecular flexibility index (Phi) is 9.50. The van der Waals surface area contributed by atoms with Crippen LogP contribution in [-0.4, -0.2) is 62.5 Å². The largest absolute Gasteiger partial charge is 0.379 e. The van der Waals surface area contributed by atoms with Gasteiger partial charge in [0.25, 0.3) is 0 Å². The average molecular weight is 434 g/mol. The number of thioether (sulfide) groups is 1. The topological polar surface area (TPSA) is 53.6 Å². The zero-order chi connectivity index (χ0) is 20.3. The fraction of sp³-hybridized carbons (Fsp3) is 0.500. The van der Waals surface area contributed by atoms with Gasteiger partial charge in [0, 0.05) is 48.6 Å². The molecule has 1 amide bonds. The highest BCUT2D eigenvalue weighted by atomic mass is 32.2. The monoisotopic (exact) mass is 433 g/mol. The molecule has 158 valence electrons. The molecule has 0 bridgehead atoms. The number of rotatable bonds is 11. The maximum absolute atomic E-state index is 12.3. The van der Waals surface area contributed by atoms with E-state index in [1.165, 1.54) is 16.0 Å². The molecule has 2 heterocycles. The van der Waals surface area contributed by atoms with E-state index in [1.54, 1.807) is 11.3 Å². The minimum atomic E-state index is 0.0563. The van der Waals surface area contributed by atoms with E-state index in [0.29, 0.717) is 13.1 Å². The number of amides is 1. The first-order valence-electron chi connectivity index (χ1n) is 10.2. The van der Waals surface area contributed by atoms with Crippen molar-refractivity contribution in [3.63, 3.8) is 0 Å². The van der Waals surface area contributed by atoms with Crippen molar-refractivity contribution in [3.8, 4) is 0 Å². The van der Waals surface area contributed by atoms with E-state index in [-0.39, 0.29) is 11.9 Å². The van der Waals surface area contributed by atoms with E-state index in [9.17, 15) is 4.79 Å². The lowest BCUT2D eigenvalue weighted by Gasteiger charge is -2.31. The molecule has 0 radical (unpaired) electrons. The number of hydrogen-bond acceptors (Lipinski definition) is 6. The maximum atomic E-state index is 12.3. The molecule has 2 aromatic rings. The van der Waals surface area contributed by atoms with E-state index < -0.39 is 0 Å². The molecule has 1 aliphatic heterocycles. The number of hydrogen-bond donors (Lipinski definition) is 2. The summed E-state index contributed by atoms with van der Waals surface area (Å²) < 4.78 is 5.46. The number of morpholine rings is 1. The lowest BCUT2D eigenvalue weighted by Crippen LogP contribution is -2.44. The third kappa shape index (κ3) is 8.10. The van der Waals surface area contributed by atoms with Crippen LogP contribution >= 0.6 is 23.1 Å². The minimum Gasteiger partial charge on any atom is -0.379 e. The average Bonchev–Trinajstić information content (AvgIpc) is 3.26. The molecule has 1 fully saturated rings. The molecule has 0 aliphatic carbocycles. The van der Waals surface area contributed by atoms with Crippen LogP contribution in [0.5, 0.6) is 0 Å². The van der Waals surface area contributed by atoms with Gasteiger partial charge in [0.15, 0.2) is 0 Å². The van der Waals surface area contributed by atoms with Gasteiger partial charge in [-0.2, -0.15) is 11.8 Å². The van der Waals surface area contributed by atoms with Gasteiger partial charge in [-0.05, 0) is 23.9 Å². The Hall–Kier alpha value is -1.38. The van der Waals surface area contributed by atoms with E-state index in [0.717, 1.165) is 44.4 Å². The van der Waals surface area contributed by atoms with E-state index >= 15 is 0 Å². The number of carbonyl (C=O) groups excluding carboxylic acids is 1. The van der Waals surface area contributed by atoms with Crippen LogP contribution in [0.1, 0.15) is 22.0 Å². The second-order valence-corrected chi connectivity index (χ2v) is 9.38. The Morgan fingerprint density at radius 1 is 1.24 bits per heavy atom. The van der Waals surface area contributed by atoms with Gasteiger partial charge in [0.05, 0.1) is 19.8 Å². The molecule has 1 atom stereocenters. The number of nitrogens with zero attached hydrogens (tertiary/aromatic N) is 1. The van der Waals surface area contributed by atoms with Gasteiger partial charge < -0.3 is 15.4 Å². The van der Waals surface area contributed by atoms with Crippen LogP contribution in [0.3, 0.4) is 0 Å². The Morgan fingerprint density at radius 2 is 2.03 bits per heavy atom. The van der Waals surface area contributed by atoms with Crippen molar-refractivity contribution in [2.75, 3.05) is 51.7 Å². The summed E-state index contributed by atoms with van der Waals surface area (Å²) in [6.45, 7) is 7.46. The highest BCUT2D eigenvalue weighted by molar-refractivity contribution is 7.98. The minimum absolute atomic E-state index is 0.0563. The molecule has 7 heteroatoms. The molecule has 0 spiro atoms. The van der Waals surface area contributed by atoms with Gasteiger partial charge >= 0.3 is 0 Å². The molecule has 3 rings (SSSR count). The van der Waals surface area contributed by atoms with Crippen LogP contribution in [-0.2, 0) is 15.3 Å². The van der Waals surface area contributed by atoms with Gasteiger partial charge in [0.1, 0.15) is 0 Å². The summed E-state index contributed by atoms with van der Waals surface area (Å²) in [5.41, 5.74) is 2.47. The molecular weight excluding hydrogens is 402 g/mol. The zero-order valence-electron chi connectivity index (χ0n) is 17.1. The molecule has 1 saturated heterocycles. The highest BCUT2D eigenvalue weighted by Gasteiger charge is 2.19. The van der Waals surface area contributed by atoms with Crippen molar-refractivity contribution in [1.29, 1.82) is 0 Å². The highest BCUT2D eigenvalue weighted by Crippen LogP contribution is 2.17. The van der Waals surface area contributed by atoms with Gasteiger partial charge in [0.2, 0.25) is 5.91 Å². The van der Waals surface area contributed by atoms with E-state index in [1.807, 2.05) is 11.8 Å². The normalized spacial score (nSPS) is 15.9. The number of benzene rings is 1. The van der Waals surface area contributed by atoms with E-state index in [4.69, 9.17) is 4.74 Å². The summed E-state index contributed by atoms with van der Waals surface area (Å²) in [7, 11) is 0. The Balaban J connectivity index is 1.41. The van der Waals surface area contributed by atoms with Crippen molar-refractivity contribution in [2.45, 2.75) is 18.7 Å². The van der Waals surface area contributed by atoms with Crippen LogP contribution in [0.15, 0.2) is 41.8 Å². The van der Waals surface area contributed by atoms with Crippen LogP contribution in [0.2, 0.25) is 0 Å². The van der Waals surface area contributed by atoms with Crippen molar-refractivity contribution < 1.29 is 9.53 Å². The molecule has 0 unspecified atom stereocenters. The third-order valence-corrected chi connectivity index (χ3v) is 6.99. The van der Waals surface area contributed by atoms with Crippen LogP contribution < -0.4 is 10.6 Å². The van der Waals surface area contributed by atoms with Crippen molar-refractivity contribution in [2.24, 2.45) is 0 Å². The Bertz CT molecular complexity index is 716. The second kappa shape index (κ2) is 12.3. The van der Waals surface area contributed by atoms with Crippen molar-refractivity contribution in [1.82, 2.24) is 15.5 Å². The fourth-order valence-electron chi connectivity index (χ4n) is 3.24. The summed E-state index contributed by atoms with van der Waals surface area (Å²) in [4.78, 5) is 16.1. The predicted molar refractivity (Wildman–Crippen MR) is 123 cm³/mol. The number of aryl methyl sites for hydroxylation is 1. The zero-order valence-corrected chi connectivity index (χ0v) is 18.7. The quantitative estimate of drug-likeness (QED) is 0.534. The van der Waals surface area contributed by atoms with Crippen LogP contribution in [0, 0.1) is 6.92 Å². The van der Waals surface area contributed by atoms with Crippen LogP contribution in [0.25, 0.3) is 0 Å². The first-order valence-corrected chi connectivity index (χ1v) is 12.2. The van der Waals surface area contributed by atoms with E-state index in [2.05, 4.69) is 64.2 Å². The molecule has 1 aromatic heterocycles. The molecule has 0 saturated carbocycles. The van der Waals surface area contributed by atoms with Crippen LogP contribution in [0.4, 0.5) is 0 Å². The molecular formula is C22H31N3O2S2. The van der Waals surface area contributed by atoms with Gasteiger partial charge in [-0.1, -0.05) is 35.9 Å². The second-order valence-electron chi connectivity index (χ2n) is 7.24. The first-order chi connectivity index (χ1) is 14.2. The van der Waals surface area contributed by atoms with Gasteiger partial charge in [-0.25, -0.2) is 0 Å². The third-order valence-electron chi connectivity index (χ3n) is 4.93. The van der Waals surface area contributed by atoms with Gasteiger partial charge in [-0.15, -0.1) is 11.3 Å². The molecule has 1 aromatic carbocycles. The predicted octanol–water partition coefficient (Wildman–Crippen LogP) is 3.07. The summed E-state index contributed by atoms with van der Waals surface area (Å²) in [5.74, 6) is 2.00. The first kappa shape index (κ1) is 22.3. The lowest BCUT2D eigenvalue weighted by molar-refractivity contribution is -0.120. The molecule has 1 aliphatic rings. The van der Waals surface area contributed by atoms with Crippen molar-refractivity contribution in [3.05, 3.63) is 57.8 Å². The van der Waals surface area contributed by atoms with Gasteiger partial charge in [-0.3, -0.25) is 9.69 Å². The molecule has 29 heavy (non-hydrogen) atoms. The molecule has 2 N–H and O–H groups in total. The summed E-state index contributed by atoms with van der Waals surface area (Å²) in [6.07, 6.45) is 0. The summed E-state index contributed by atoms with van der Waals surface area (Å²) in [5, 5.41) is 8.60. The lowest BCUT2D eigenvalue weighted by atomic mass is 10.0. The number of thiophene rings is 1. The Morgan fingerprint density at radius 3 is 2.76 bits per heavy atom. The number of carbonyl (C=O) groups is 1. The number of nitrogens with one attached hydrogen (secondary N) is 2.